The second kappa shape index (κ2) is 6.28. The van der Waals surface area contributed by atoms with E-state index >= 15 is 0 Å². The summed E-state index contributed by atoms with van der Waals surface area (Å²) in [4.78, 5) is 0. The molecule has 0 saturated heterocycles. The zero-order chi connectivity index (χ0) is 25.8. The maximum absolute atomic E-state index is 4.60. The van der Waals surface area contributed by atoms with Gasteiger partial charge in [0.2, 0.25) is 0 Å². The van der Waals surface area contributed by atoms with Gasteiger partial charge in [0.1, 0.15) is 0 Å². The summed E-state index contributed by atoms with van der Waals surface area (Å²) in [5.74, 6) is 0. The van der Waals surface area contributed by atoms with Crippen LogP contribution in [-0.4, -0.2) is 6.88 Å². The Morgan fingerprint density at radius 2 is 0.941 bits per heavy atom. The number of fused-ring (bicyclic) bond motifs is 2. The van der Waals surface area contributed by atoms with E-state index in [-0.39, 0.29) is 10.8 Å². The fourth-order valence-electron chi connectivity index (χ4n) is 8.63. The summed E-state index contributed by atoms with van der Waals surface area (Å²) >= 11 is -4.60. The minimum absolute atomic E-state index is 0.136. The average molecular weight is 552 g/mol. The summed E-state index contributed by atoms with van der Waals surface area (Å²) < 4.78 is 12.0. The SMILES string of the molecule is CC1=Cc2c(cccc2C(C)(C)C)[CH]1[Zr]([CH3])([CH3])([CH3])([CH3])(=[SiH2])[CH]1C(C)=Cc2c1cccc2C(C)(C)C. The van der Waals surface area contributed by atoms with E-state index in [0.29, 0.717) is 7.25 Å². The summed E-state index contributed by atoms with van der Waals surface area (Å²) in [5.41, 5.74) is 12.5. The minimum atomic E-state index is -4.60. The average Bonchev–Trinajstić information content (AvgIpc) is 3.14. The van der Waals surface area contributed by atoms with Crippen LogP contribution in [0, 0.1) is 0 Å². The Labute approximate surface area is 205 Å². The summed E-state index contributed by atoms with van der Waals surface area (Å²) in [6, 6.07) is 14.2. The van der Waals surface area contributed by atoms with Gasteiger partial charge in [-0.1, -0.05) is 0 Å². The van der Waals surface area contributed by atoms with Crippen LogP contribution in [0.2, 0.25) is 18.5 Å². The van der Waals surface area contributed by atoms with Crippen molar-refractivity contribution < 1.29 is 14.4 Å². The van der Waals surface area contributed by atoms with Crippen molar-refractivity contribution in [2.24, 2.45) is 0 Å². The van der Waals surface area contributed by atoms with Gasteiger partial charge in [-0.3, -0.25) is 0 Å². The molecule has 2 atom stereocenters. The quantitative estimate of drug-likeness (QED) is 0.326. The fourth-order valence-corrected chi connectivity index (χ4v) is 37.4. The molecule has 2 aliphatic rings. The van der Waals surface area contributed by atoms with Gasteiger partial charge in [-0.25, -0.2) is 0 Å². The summed E-state index contributed by atoms with van der Waals surface area (Å²) in [6.07, 6.45) is 5.09. The van der Waals surface area contributed by atoms with Gasteiger partial charge in [-0.15, -0.1) is 0 Å². The Morgan fingerprint density at radius 3 is 1.24 bits per heavy atom. The van der Waals surface area contributed by atoms with Crippen LogP contribution in [0.1, 0.15) is 96.0 Å². The number of rotatable bonds is 2. The Morgan fingerprint density at radius 1 is 0.618 bits per heavy atom. The van der Waals surface area contributed by atoms with E-state index < -0.39 is 14.4 Å². The van der Waals surface area contributed by atoms with Crippen molar-refractivity contribution in [3.05, 3.63) is 80.9 Å². The molecule has 0 heterocycles. The zero-order valence-electron chi connectivity index (χ0n) is 24.0. The predicted octanol–water partition coefficient (Wildman–Crippen LogP) is 9.40. The van der Waals surface area contributed by atoms with Gasteiger partial charge >= 0.3 is 206 Å². The number of hydrogen-bond donors (Lipinski definition) is 0. The predicted molar refractivity (Wildman–Crippen MR) is 155 cm³/mol. The number of benzene rings is 2. The summed E-state index contributed by atoms with van der Waals surface area (Å²) in [6.45, 7) is 21.4. The third-order valence-corrected chi connectivity index (χ3v) is 32.8. The van der Waals surface area contributed by atoms with Crippen molar-refractivity contribution in [2.45, 2.75) is 92.0 Å². The van der Waals surface area contributed by atoms with E-state index in [1.807, 2.05) is 0 Å². The summed E-state index contributed by atoms with van der Waals surface area (Å²) in [5, 5.41) is 0. The molecule has 34 heavy (non-hydrogen) atoms. The molecule has 184 valence electrons. The molecule has 4 rings (SSSR count). The van der Waals surface area contributed by atoms with Crippen LogP contribution in [-0.2, 0) is 25.3 Å². The van der Waals surface area contributed by atoms with Gasteiger partial charge in [0.25, 0.3) is 0 Å². The van der Waals surface area contributed by atoms with E-state index in [1.54, 1.807) is 22.3 Å². The third kappa shape index (κ3) is 3.69. The molecule has 0 N–H and O–H groups in total. The molecule has 2 heteroatoms. The normalized spacial score (nSPS) is 23.7. The second-order valence-electron chi connectivity index (χ2n) is 18.1. The van der Waals surface area contributed by atoms with Crippen molar-refractivity contribution in [3.63, 3.8) is 0 Å². The molecular formula is C32H48SiZr. The van der Waals surface area contributed by atoms with Crippen LogP contribution in [0.15, 0.2) is 47.5 Å². The molecular weight excluding hydrogens is 504 g/mol. The van der Waals surface area contributed by atoms with E-state index in [4.69, 9.17) is 0 Å². The van der Waals surface area contributed by atoms with E-state index in [1.165, 1.54) is 22.3 Å². The van der Waals surface area contributed by atoms with Crippen LogP contribution in [0.5, 0.6) is 0 Å². The Hall–Kier alpha value is -0.980. The van der Waals surface area contributed by atoms with Gasteiger partial charge in [-0.05, 0) is 0 Å². The first-order valence-corrected chi connectivity index (χ1v) is 31.8. The Kier molecular flexibility index (Phi) is 4.82. The first-order chi connectivity index (χ1) is 15.0. The topological polar surface area (TPSA) is 0 Å². The zero-order valence-corrected chi connectivity index (χ0v) is 27.9. The molecule has 0 fully saturated rings. The van der Waals surface area contributed by atoms with Crippen LogP contribution >= 0.6 is 0 Å². The fraction of sp³-hybridized carbons (Fsp3) is 0.500. The number of hydrogen-bond acceptors (Lipinski definition) is 0. The van der Waals surface area contributed by atoms with Crippen LogP contribution in [0.25, 0.3) is 12.2 Å². The standard InChI is InChI=1S/2C14H17.4CH3.H2Si.Zr/c2*1-10-8-11-6-5-7-13(12(11)9-10)14(2,3)4;;;;;;/h2*5-9H,1-4H3;4*1H3;1H2;. The molecule has 0 bridgehead atoms. The van der Waals surface area contributed by atoms with Gasteiger partial charge in [-0.2, -0.15) is 0 Å². The molecule has 0 amide bonds. The van der Waals surface area contributed by atoms with Crippen LogP contribution < -0.4 is 0 Å². The van der Waals surface area contributed by atoms with E-state index in [9.17, 15) is 0 Å². The first kappa shape index (κ1) is 26.1. The van der Waals surface area contributed by atoms with E-state index in [0.717, 1.165) is 0 Å². The second-order valence-corrected chi connectivity index (χ2v) is 78.3. The van der Waals surface area contributed by atoms with Crippen molar-refractivity contribution in [3.8, 4) is 0 Å². The maximum atomic E-state index is 2.76. The molecule has 2 aliphatic carbocycles. The molecule has 2 unspecified atom stereocenters. The molecule has 0 radical (unpaired) electrons. The van der Waals surface area contributed by atoms with Gasteiger partial charge < -0.3 is 0 Å². The molecule has 0 aromatic heterocycles. The molecule has 0 aliphatic heterocycles. The van der Waals surface area contributed by atoms with Crippen molar-refractivity contribution in [2.75, 3.05) is 0 Å². The Bertz CT molecular complexity index is 1310. The Balaban J connectivity index is 2.07. The van der Waals surface area contributed by atoms with Gasteiger partial charge in [0.05, 0.1) is 0 Å². The van der Waals surface area contributed by atoms with Crippen LogP contribution in [0.3, 0.4) is 0 Å². The monoisotopic (exact) mass is 550 g/mol. The molecule has 0 saturated carbocycles. The molecule has 2 aromatic rings. The van der Waals surface area contributed by atoms with E-state index in [2.05, 4.69) is 129 Å². The van der Waals surface area contributed by atoms with Crippen LogP contribution in [0.4, 0.5) is 0 Å². The van der Waals surface area contributed by atoms with Gasteiger partial charge in [0.15, 0.2) is 0 Å². The third-order valence-electron chi connectivity index (χ3n) is 9.22. The van der Waals surface area contributed by atoms with Crippen molar-refractivity contribution in [1.82, 2.24) is 0 Å². The molecule has 0 spiro atoms. The van der Waals surface area contributed by atoms with Gasteiger partial charge in [0, 0.05) is 0 Å². The first-order valence-electron chi connectivity index (χ1n) is 13.2. The number of allylic oxidation sites excluding steroid dienone is 2. The molecule has 2 aromatic carbocycles. The van der Waals surface area contributed by atoms with Crippen molar-refractivity contribution in [1.29, 1.82) is 0 Å². The van der Waals surface area contributed by atoms with Crippen molar-refractivity contribution >= 4 is 19.0 Å². The molecule has 0 nitrogen and oxygen atoms in total. The summed E-state index contributed by atoms with van der Waals surface area (Å²) in [7, 11) is 0.